The number of hydrogen-bond acceptors (Lipinski definition) is 1. The third-order valence-electron chi connectivity index (χ3n) is 1.01. The Hall–Kier alpha value is 0.999. The molecule has 0 rings (SSSR count). The molecule has 3 heteroatoms. The molecular formula is C6H16OSe2. The van der Waals surface area contributed by atoms with Crippen molar-refractivity contribution in [1.29, 1.82) is 0 Å². The predicted molar refractivity (Wildman–Crippen MR) is 45.5 cm³/mol. The van der Waals surface area contributed by atoms with E-state index < -0.39 is 0 Å². The van der Waals surface area contributed by atoms with Crippen LogP contribution < -0.4 is 0 Å². The van der Waals surface area contributed by atoms with Gasteiger partial charge in [-0.25, -0.2) is 0 Å². The Morgan fingerprint density at radius 2 is 1.67 bits per heavy atom. The molecule has 0 unspecified atom stereocenters. The summed E-state index contributed by atoms with van der Waals surface area (Å²) in [5, 5.41) is 8.29. The summed E-state index contributed by atoms with van der Waals surface area (Å²) < 4.78 is 0. The first-order valence-electron chi connectivity index (χ1n) is 3.22. The Morgan fingerprint density at radius 1 is 1.11 bits per heavy atom. The predicted octanol–water partition coefficient (Wildman–Crippen LogP) is 0.262. The second-order valence-corrected chi connectivity index (χ2v) is 1.78. The van der Waals surface area contributed by atoms with Crippen molar-refractivity contribution in [1.82, 2.24) is 0 Å². The molecule has 0 spiro atoms. The minimum absolute atomic E-state index is 0.361. The van der Waals surface area contributed by atoms with Crippen molar-refractivity contribution in [3.05, 3.63) is 0 Å². The molecule has 1 nitrogen and oxygen atoms in total. The van der Waals surface area contributed by atoms with E-state index in [0.717, 1.165) is 6.42 Å². The normalized spacial score (nSPS) is 8.00. The summed E-state index contributed by atoms with van der Waals surface area (Å²) in [6.07, 6.45) is 4.68. The maximum atomic E-state index is 8.29. The molecule has 0 radical (unpaired) electrons. The fraction of sp³-hybridized carbons (Fsp3) is 1.00. The first kappa shape index (κ1) is 12.7. The van der Waals surface area contributed by atoms with Gasteiger partial charge >= 0.3 is 28.4 Å². The monoisotopic (exact) mass is 264 g/mol. The van der Waals surface area contributed by atoms with Gasteiger partial charge in [-0.3, -0.25) is 0 Å². The SMILES string of the molecule is CCCCCCO.[SeH][SeH]. The molecule has 0 bridgehead atoms. The molecule has 0 saturated carbocycles. The van der Waals surface area contributed by atoms with Gasteiger partial charge in [-0.1, -0.05) is 26.2 Å². The van der Waals surface area contributed by atoms with Gasteiger partial charge in [0.2, 0.25) is 0 Å². The summed E-state index contributed by atoms with van der Waals surface area (Å²) in [7, 11) is 0. The summed E-state index contributed by atoms with van der Waals surface area (Å²) >= 11 is 4.50. The van der Waals surface area contributed by atoms with Gasteiger partial charge in [0, 0.05) is 6.61 Å². The first-order valence-corrected chi connectivity index (χ1v) is 8.42. The Bertz CT molecular complexity index is 30.2. The van der Waals surface area contributed by atoms with E-state index in [9.17, 15) is 0 Å². The third kappa shape index (κ3) is 17.6. The topological polar surface area (TPSA) is 20.2 Å². The zero-order valence-corrected chi connectivity index (χ0v) is 9.63. The van der Waals surface area contributed by atoms with Crippen LogP contribution in [0.4, 0.5) is 0 Å². The molecule has 0 aromatic carbocycles. The van der Waals surface area contributed by atoms with E-state index in [4.69, 9.17) is 5.11 Å². The summed E-state index contributed by atoms with van der Waals surface area (Å²) in [5.41, 5.74) is 0. The molecule has 0 saturated heterocycles. The number of aliphatic hydroxyl groups is 1. The van der Waals surface area contributed by atoms with Gasteiger partial charge < -0.3 is 5.11 Å². The summed E-state index contributed by atoms with van der Waals surface area (Å²) in [5.74, 6) is 0. The molecule has 0 aromatic rings. The van der Waals surface area contributed by atoms with E-state index in [1.54, 1.807) is 0 Å². The fourth-order valence-corrected chi connectivity index (χ4v) is 0.539. The third-order valence-corrected chi connectivity index (χ3v) is 1.01. The Morgan fingerprint density at radius 3 is 2.00 bits per heavy atom. The van der Waals surface area contributed by atoms with Crippen LogP contribution in [0, 0.1) is 0 Å². The number of rotatable bonds is 4. The molecule has 9 heavy (non-hydrogen) atoms. The summed E-state index contributed by atoms with van der Waals surface area (Å²) in [6, 6.07) is 0. The summed E-state index contributed by atoms with van der Waals surface area (Å²) in [4.78, 5) is 0. The molecule has 1 N–H and O–H groups in total. The van der Waals surface area contributed by atoms with Crippen molar-refractivity contribution in [3.63, 3.8) is 0 Å². The van der Waals surface area contributed by atoms with E-state index in [-0.39, 0.29) is 0 Å². The van der Waals surface area contributed by atoms with E-state index in [2.05, 4.69) is 35.3 Å². The molecular weight excluding hydrogens is 246 g/mol. The van der Waals surface area contributed by atoms with Gasteiger partial charge in [0.15, 0.2) is 0 Å². The summed E-state index contributed by atoms with van der Waals surface area (Å²) in [6.45, 7) is 2.53. The van der Waals surface area contributed by atoms with Crippen LogP contribution in [0.15, 0.2) is 0 Å². The van der Waals surface area contributed by atoms with Gasteiger partial charge in [0.1, 0.15) is 0 Å². The van der Waals surface area contributed by atoms with Crippen molar-refractivity contribution >= 4 is 28.4 Å². The Kier molecular flexibility index (Phi) is 22.5. The zero-order chi connectivity index (χ0) is 7.54. The van der Waals surface area contributed by atoms with Crippen LogP contribution in [-0.4, -0.2) is 40.1 Å². The van der Waals surface area contributed by atoms with Gasteiger partial charge in [-0.05, 0) is 6.42 Å². The van der Waals surface area contributed by atoms with Crippen LogP contribution in [0.2, 0.25) is 0 Å². The van der Waals surface area contributed by atoms with Crippen LogP contribution in [0.25, 0.3) is 0 Å². The van der Waals surface area contributed by atoms with Crippen molar-refractivity contribution in [2.75, 3.05) is 6.61 Å². The quantitative estimate of drug-likeness (QED) is 0.569. The van der Waals surface area contributed by atoms with Crippen LogP contribution in [-0.2, 0) is 0 Å². The molecule has 0 amide bonds. The molecule has 0 atom stereocenters. The second kappa shape index (κ2) is 16.0. The van der Waals surface area contributed by atoms with Crippen molar-refractivity contribution < 1.29 is 5.11 Å². The van der Waals surface area contributed by atoms with E-state index in [1.807, 2.05) is 0 Å². The van der Waals surface area contributed by atoms with Crippen LogP contribution >= 0.6 is 0 Å². The number of unbranched alkanes of at least 4 members (excludes halogenated alkanes) is 3. The standard InChI is InChI=1S/C6H14O.H2Se2/c1-2-3-4-5-6-7;1-2/h7H,2-6H2,1H3;1-2H. The molecule has 0 heterocycles. The van der Waals surface area contributed by atoms with E-state index >= 15 is 0 Å². The van der Waals surface area contributed by atoms with E-state index in [0.29, 0.717) is 6.61 Å². The average Bonchev–Trinajstić information content (AvgIpc) is 1.94. The maximum absolute atomic E-state index is 8.29. The molecule has 0 aliphatic heterocycles. The first-order chi connectivity index (χ1) is 4.41. The molecule has 0 aliphatic carbocycles. The minimum atomic E-state index is 0.361. The molecule has 0 aromatic heterocycles. The average molecular weight is 262 g/mol. The Balaban J connectivity index is 0. The Labute approximate surface area is 72.8 Å². The van der Waals surface area contributed by atoms with Crippen LogP contribution in [0.1, 0.15) is 32.6 Å². The molecule has 58 valence electrons. The zero-order valence-electron chi connectivity index (χ0n) is 5.88. The van der Waals surface area contributed by atoms with Crippen LogP contribution in [0.5, 0.6) is 0 Å². The number of aliphatic hydroxyl groups excluding tert-OH is 1. The van der Waals surface area contributed by atoms with Gasteiger partial charge in [0.25, 0.3) is 0 Å². The van der Waals surface area contributed by atoms with Crippen molar-refractivity contribution in [2.45, 2.75) is 32.6 Å². The van der Waals surface area contributed by atoms with Gasteiger partial charge in [-0.15, -0.1) is 0 Å². The van der Waals surface area contributed by atoms with Gasteiger partial charge in [-0.2, -0.15) is 0 Å². The van der Waals surface area contributed by atoms with Gasteiger partial charge in [0.05, 0.1) is 0 Å². The molecule has 0 fully saturated rings. The number of hydrogen-bond donors (Lipinski definition) is 1. The fourth-order valence-electron chi connectivity index (χ4n) is 0.539. The van der Waals surface area contributed by atoms with Crippen molar-refractivity contribution in [3.8, 4) is 0 Å². The van der Waals surface area contributed by atoms with Crippen LogP contribution in [0.3, 0.4) is 0 Å². The molecule has 0 aliphatic rings. The van der Waals surface area contributed by atoms with Crippen molar-refractivity contribution in [2.24, 2.45) is 0 Å². The second-order valence-electron chi connectivity index (χ2n) is 1.78. The van der Waals surface area contributed by atoms with E-state index in [1.165, 1.54) is 19.3 Å².